The van der Waals surface area contributed by atoms with Crippen LogP contribution in [0.4, 0.5) is 0 Å². The van der Waals surface area contributed by atoms with Gasteiger partial charge in [0.25, 0.3) is 0 Å². The molecule has 106 valence electrons. The van der Waals surface area contributed by atoms with E-state index in [0.29, 0.717) is 17.0 Å². The van der Waals surface area contributed by atoms with Crippen molar-refractivity contribution in [3.05, 3.63) is 59.7 Å². The number of aromatic amines is 2. The minimum absolute atomic E-state index is 0.500. The average molecular weight is 284 g/mol. The average Bonchev–Trinajstić information content (AvgIpc) is 3.19. The van der Waals surface area contributed by atoms with Crippen LogP contribution in [0.25, 0.3) is 0 Å². The van der Waals surface area contributed by atoms with Crippen molar-refractivity contribution in [2.45, 2.75) is 11.8 Å². The van der Waals surface area contributed by atoms with Crippen LogP contribution < -0.4 is 0 Å². The third kappa shape index (κ3) is 2.50. The van der Waals surface area contributed by atoms with Crippen LogP contribution in [-0.4, -0.2) is 41.9 Å². The van der Waals surface area contributed by atoms with Gasteiger partial charge in [-0.05, 0) is 5.56 Å². The van der Waals surface area contributed by atoms with Crippen molar-refractivity contribution in [1.29, 1.82) is 0 Å². The summed E-state index contributed by atoms with van der Waals surface area (Å²) in [5, 5.41) is 30.1. The van der Waals surface area contributed by atoms with Crippen molar-refractivity contribution < 1.29 is 9.90 Å². The van der Waals surface area contributed by atoms with Crippen LogP contribution >= 0.6 is 0 Å². The van der Waals surface area contributed by atoms with Crippen molar-refractivity contribution in [3.8, 4) is 0 Å². The number of benzene rings is 1. The molecule has 0 fully saturated rings. The third-order valence-corrected chi connectivity index (χ3v) is 3.27. The van der Waals surface area contributed by atoms with Gasteiger partial charge >= 0.3 is 5.97 Å². The molecule has 0 saturated heterocycles. The number of carboxylic acids is 1. The van der Waals surface area contributed by atoms with Gasteiger partial charge in [0.15, 0.2) is 0 Å². The molecule has 0 radical (unpaired) electrons. The summed E-state index contributed by atoms with van der Waals surface area (Å²) in [7, 11) is 0. The molecule has 21 heavy (non-hydrogen) atoms. The molecule has 8 heteroatoms. The molecule has 1 atom stereocenters. The largest absolute Gasteiger partial charge is 0.481 e. The number of hydrogen-bond acceptors (Lipinski definition) is 5. The number of hydrogen-bond donors (Lipinski definition) is 3. The Labute approximate surface area is 119 Å². The van der Waals surface area contributed by atoms with Crippen LogP contribution in [-0.2, 0) is 4.79 Å². The highest BCUT2D eigenvalue weighted by Crippen LogP contribution is 2.36. The predicted octanol–water partition coefficient (Wildman–Crippen LogP) is 0.923. The maximum absolute atomic E-state index is 11.8. The molecular formula is C13H12N6O2. The molecule has 2 aromatic heterocycles. The van der Waals surface area contributed by atoms with Crippen molar-refractivity contribution in [3.63, 3.8) is 0 Å². The molecule has 0 aliphatic carbocycles. The number of nitrogens with one attached hydrogen (secondary N) is 2. The lowest BCUT2D eigenvalue weighted by Gasteiger charge is -2.20. The number of rotatable bonds is 5. The zero-order valence-corrected chi connectivity index (χ0v) is 10.8. The van der Waals surface area contributed by atoms with E-state index in [1.807, 2.05) is 6.07 Å². The van der Waals surface area contributed by atoms with Gasteiger partial charge in [-0.25, -0.2) is 0 Å². The molecule has 1 unspecified atom stereocenters. The van der Waals surface area contributed by atoms with E-state index in [0.717, 1.165) is 0 Å². The number of aliphatic carboxylic acids is 1. The molecule has 2 heterocycles. The first kappa shape index (κ1) is 13.0. The topological polar surface area (TPSA) is 120 Å². The molecule has 0 aliphatic rings. The van der Waals surface area contributed by atoms with Gasteiger partial charge in [-0.3, -0.25) is 15.0 Å². The molecule has 1 aromatic carbocycles. The molecule has 0 spiro atoms. The Bertz CT molecular complexity index is 661. The van der Waals surface area contributed by atoms with Gasteiger partial charge in [-0.15, -0.1) is 10.2 Å². The highest BCUT2D eigenvalue weighted by molar-refractivity contribution is 5.78. The van der Waals surface area contributed by atoms with Crippen molar-refractivity contribution in [2.24, 2.45) is 0 Å². The molecule has 3 N–H and O–H groups in total. The van der Waals surface area contributed by atoms with Gasteiger partial charge < -0.3 is 5.11 Å². The standard InChI is InChI=1S/C13H12N6O2/c20-13(21)11(8-4-2-1-3-5-8)12(9-6-14-18-16-9)10-7-15-19-17-10/h1-7,11-12H,(H,20,21)(H,14,16,18)(H,15,17,19). The lowest BCUT2D eigenvalue weighted by atomic mass is 9.82. The maximum Gasteiger partial charge on any atom is 0.312 e. The second-order valence-corrected chi connectivity index (χ2v) is 4.50. The Kier molecular flexibility index (Phi) is 3.42. The number of carbonyl (C=O) groups is 1. The van der Waals surface area contributed by atoms with Gasteiger partial charge in [0.05, 0.1) is 23.2 Å². The highest BCUT2D eigenvalue weighted by atomic mass is 16.4. The molecule has 0 bridgehead atoms. The first-order chi connectivity index (χ1) is 10.3. The second kappa shape index (κ2) is 5.53. The van der Waals surface area contributed by atoms with E-state index < -0.39 is 17.8 Å². The molecule has 3 rings (SSSR count). The Morgan fingerprint density at radius 3 is 2.00 bits per heavy atom. The van der Waals surface area contributed by atoms with E-state index in [9.17, 15) is 9.90 Å². The SMILES string of the molecule is O=C(O)C(c1ccccc1)C(c1c[nH]nn1)c1c[nH]nn1. The van der Waals surface area contributed by atoms with E-state index in [2.05, 4.69) is 30.8 Å². The predicted molar refractivity (Wildman–Crippen MR) is 71.4 cm³/mol. The van der Waals surface area contributed by atoms with Crippen LogP contribution in [0.1, 0.15) is 28.8 Å². The first-order valence-corrected chi connectivity index (χ1v) is 6.28. The number of aromatic nitrogens is 6. The third-order valence-electron chi connectivity index (χ3n) is 3.27. The highest BCUT2D eigenvalue weighted by Gasteiger charge is 2.35. The summed E-state index contributed by atoms with van der Waals surface area (Å²) in [6.07, 6.45) is 3.14. The lowest BCUT2D eigenvalue weighted by Crippen LogP contribution is -2.22. The van der Waals surface area contributed by atoms with E-state index in [-0.39, 0.29) is 0 Å². The Hall–Kier alpha value is -3.03. The molecule has 0 saturated carbocycles. The fourth-order valence-electron chi connectivity index (χ4n) is 2.36. The Morgan fingerprint density at radius 2 is 1.57 bits per heavy atom. The zero-order chi connectivity index (χ0) is 14.7. The van der Waals surface area contributed by atoms with Crippen LogP contribution in [0.5, 0.6) is 0 Å². The molecule has 8 nitrogen and oxygen atoms in total. The quantitative estimate of drug-likeness (QED) is 0.640. The smallest absolute Gasteiger partial charge is 0.312 e. The Balaban J connectivity index is 2.11. The fourth-order valence-corrected chi connectivity index (χ4v) is 2.36. The van der Waals surface area contributed by atoms with E-state index in [1.165, 1.54) is 0 Å². The molecular weight excluding hydrogens is 272 g/mol. The summed E-state index contributed by atoms with van der Waals surface area (Å²) in [5.41, 5.74) is 1.67. The van der Waals surface area contributed by atoms with Crippen LogP contribution in [0, 0.1) is 0 Å². The lowest BCUT2D eigenvalue weighted by molar-refractivity contribution is -0.139. The van der Waals surface area contributed by atoms with Crippen LogP contribution in [0.2, 0.25) is 0 Å². The van der Waals surface area contributed by atoms with E-state index in [1.54, 1.807) is 36.7 Å². The van der Waals surface area contributed by atoms with Gasteiger partial charge in [0.2, 0.25) is 0 Å². The zero-order valence-electron chi connectivity index (χ0n) is 10.8. The second-order valence-electron chi connectivity index (χ2n) is 4.50. The van der Waals surface area contributed by atoms with Gasteiger partial charge in [-0.2, -0.15) is 0 Å². The molecule has 0 aliphatic heterocycles. The summed E-state index contributed by atoms with van der Waals surface area (Å²) in [5.74, 6) is -2.37. The number of nitrogens with zero attached hydrogens (tertiary/aromatic N) is 4. The maximum atomic E-state index is 11.8. The van der Waals surface area contributed by atoms with Crippen LogP contribution in [0.15, 0.2) is 42.7 Å². The summed E-state index contributed by atoms with van der Waals surface area (Å²) in [6, 6.07) is 8.98. The Morgan fingerprint density at radius 1 is 1.00 bits per heavy atom. The van der Waals surface area contributed by atoms with E-state index >= 15 is 0 Å². The van der Waals surface area contributed by atoms with Gasteiger partial charge in [0.1, 0.15) is 0 Å². The molecule has 0 amide bonds. The number of H-pyrrole nitrogens is 2. The van der Waals surface area contributed by atoms with Crippen molar-refractivity contribution >= 4 is 5.97 Å². The number of carboxylic acid groups (broad SMARTS) is 1. The van der Waals surface area contributed by atoms with Crippen molar-refractivity contribution in [2.75, 3.05) is 0 Å². The van der Waals surface area contributed by atoms with Crippen molar-refractivity contribution in [1.82, 2.24) is 30.8 Å². The normalized spacial score (nSPS) is 12.4. The van der Waals surface area contributed by atoms with E-state index in [4.69, 9.17) is 0 Å². The van der Waals surface area contributed by atoms with Gasteiger partial charge in [-0.1, -0.05) is 40.8 Å². The fraction of sp³-hybridized carbons (Fsp3) is 0.154. The minimum Gasteiger partial charge on any atom is -0.481 e. The summed E-state index contributed by atoms with van der Waals surface area (Å²) < 4.78 is 0. The van der Waals surface area contributed by atoms with Crippen LogP contribution in [0.3, 0.4) is 0 Å². The summed E-state index contributed by atoms with van der Waals surface area (Å²) in [4.78, 5) is 11.8. The minimum atomic E-state index is -0.961. The van der Waals surface area contributed by atoms with Gasteiger partial charge in [0, 0.05) is 12.4 Å². The first-order valence-electron chi connectivity index (χ1n) is 6.28. The monoisotopic (exact) mass is 284 g/mol. The summed E-state index contributed by atoms with van der Waals surface area (Å²) >= 11 is 0. The molecule has 3 aromatic rings. The summed E-state index contributed by atoms with van der Waals surface area (Å²) in [6.45, 7) is 0.